The first-order chi connectivity index (χ1) is 3.65. The van der Waals surface area contributed by atoms with Gasteiger partial charge in [-0.25, -0.2) is 0 Å². The molecule has 0 bridgehead atoms. The van der Waals surface area contributed by atoms with Gasteiger partial charge in [-0.05, 0) is 0 Å². The van der Waals surface area contributed by atoms with E-state index in [-0.39, 0.29) is 36.2 Å². The third-order valence-electron chi connectivity index (χ3n) is 0.129. The van der Waals surface area contributed by atoms with Gasteiger partial charge in [-0.1, -0.05) is 0 Å². The van der Waals surface area contributed by atoms with Crippen molar-refractivity contribution in [1.82, 2.24) is 0 Å². The van der Waals surface area contributed by atoms with Gasteiger partial charge < -0.3 is 20.4 Å². The van der Waals surface area contributed by atoms with E-state index in [4.69, 9.17) is 24.9 Å². The van der Waals surface area contributed by atoms with Crippen molar-refractivity contribution < 1.29 is 19.2 Å². The second kappa shape index (κ2) is 15.8. The molecule has 0 atom stereocenters. The Bertz CT molecular complexity index is 56.5. The Morgan fingerprint density at radius 1 is 1.44 bits per heavy atom. The summed E-state index contributed by atoms with van der Waals surface area (Å²) in [7, 11) is -3.13. The van der Waals surface area contributed by atoms with Gasteiger partial charge in [0, 0.05) is 6.54 Å². The molecule has 5 nitrogen and oxygen atoms in total. The van der Waals surface area contributed by atoms with E-state index in [1.54, 1.807) is 0 Å². The van der Waals surface area contributed by atoms with Gasteiger partial charge in [-0.15, -0.1) is 0 Å². The van der Waals surface area contributed by atoms with E-state index >= 15 is 0 Å². The van der Waals surface area contributed by atoms with Gasteiger partial charge in [-0.3, -0.25) is 4.46 Å². The maximum absolute atomic E-state index is 8.74. The topological polar surface area (TPSA) is 104 Å². The van der Waals surface area contributed by atoms with E-state index in [9.17, 15) is 0 Å². The normalized spacial score (nSPS) is 6.00. The summed E-state index contributed by atoms with van der Waals surface area (Å²) in [5.41, 5.74) is 4.78. The predicted octanol–water partition coefficient (Wildman–Crippen LogP) is -3.32. The summed E-state index contributed by atoms with van der Waals surface area (Å²) in [6.45, 7) is 0.472. The Morgan fingerprint density at radius 3 is 1.56 bits per heavy atom. The first-order valence-electron chi connectivity index (χ1n) is 1.88. The Hall–Kier alpha value is 0.537. The van der Waals surface area contributed by atoms with Crippen molar-refractivity contribution in [3.8, 4) is 0 Å². The van der Waals surface area contributed by atoms with Crippen LogP contribution < -0.4 is 5.73 Å². The van der Waals surface area contributed by atoms with Crippen LogP contribution in [0.15, 0.2) is 0 Å². The number of aliphatic hydroxyl groups excluding tert-OH is 1. The molecule has 0 radical (unpaired) electrons. The van der Waals surface area contributed by atoms with Crippen molar-refractivity contribution in [1.29, 1.82) is 0 Å². The minimum absolute atomic E-state index is 0. The molecule has 0 unspecified atom stereocenters. The van der Waals surface area contributed by atoms with Crippen LogP contribution in [0.1, 0.15) is 0 Å². The van der Waals surface area contributed by atoms with Crippen molar-refractivity contribution in [2.45, 2.75) is 0 Å². The van der Waals surface area contributed by atoms with E-state index in [0.717, 1.165) is 0 Å². The quantitative estimate of drug-likeness (QED) is 0.303. The summed E-state index contributed by atoms with van der Waals surface area (Å²) >= 11 is 0. The molecule has 0 aromatic heterocycles. The third-order valence-corrected chi connectivity index (χ3v) is 0.129. The molecule has 0 spiro atoms. The molecule has 0 aromatic rings. The maximum atomic E-state index is 8.74. The summed E-state index contributed by atoms with van der Waals surface area (Å²) < 4.78 is 8.74. The summed E-state index contributed by atoms with van der Waals surface area (Å²) in [4.78, 5) is 14.3. The van der Waals surface area contributed by atoms with E-state index in [1.807, 2.05) is 0 Å². The van der Waals surface area contributed by atoms with Crippen LogP contribution in [0, 0.1) is 0 Å². The Balaban J connectivity index is -0.0000000720. The van der Waals surface area contributed by atoms with Gasteiger partial charge in [0.15, 0.2) is 0 Å². The fourth-order valence-electron chi connectivity index (χ4n) is 0. The van der Waals surface area contributed by atoms with Crippen LogP contribution in [0.2, 0.25) is 0 Å². The first-order valence-corrected chi connectivity index (χ1v) is 3.18. The SMILES string of the molecule is NCCO.O=[Si](O)O.[NaH]. The Morgan fingerprint density at radius 2 is 1.56 bits per heavy atom. The van der Waals surface area contributed by atoms with Crippen LogP contribution >= 0.6 is 0 Å². The molecule has 0 aliphatic rings. The first kappa shape index (κ1) is 16.3. The van der Waals surface area contributed by atoms with Crippen molar-refractivity contribution in [2.24, 2.45) is 5.73 Å². The zero-order valence-electron chi connectivity index (χ0n) is 4.24. The van der Waals surface area contributed by atoms with Crippen molar-refractivity contribution >= 4 is 38.7 Å². The molecule has 0 rings (SSSR count). The zero-order chi connectivity index (χ0) is 6.99. The van der Waals surface area contributed by atoms with Gasteiger partial charge >= 0.3 is 38.7 Å². The second-order valence-corrected chi connectivity index (χ2v) is 1.36. The summed E-state index contributed by atoms with van der Waals surface area (Å²) in [5, 5.41) is 7.75. The molecule has 7 heteroatoms. The average molecular weight is 163 g/mol. The summed E-state index contributed by atoms with van der Waals surface area (Å²) in [5.74, 6) is 0. The summed E-state index contributed by atoms with van der Waals surface area (Å²) in [6.07, 6.45) is 0. The molecule has 0 fully saturated rings. The second-order valence-electron chi connectivity index (χ2n) is 0.795. The van der Waals surface area contributed by atoms with Crippen LogP contribution in [0.4, 0.5) is 0 Å². The molecule has 0 aliphatic heterocycles. The van der Waals surface area contributed by atoms with E-state index < -0.39 is 9.17 Å². The van der Waals surface area contributed by atoms with E-state index in [1.165, 1.54) is 0 Å². The van der Waals surface area contributed by atoms with Gasteiger partial charge in [-0.2, -0.15) is 0 Å². The van der Waals surface area contributed by atoms with Crippen LogP contribution in [-0.4, -0.2) is 66.6 Å². The average Bonchev–Trinajstić information content (AvgIpc) is 1.65. The molecule has 0 amide bonds. The van der Waals surface area contributed by atoms with Gasteiger partial charge in [0.25, 0.3) is 0 Å². The van der Waals surface area contributed by atoms with Gasteiger partial charge in [0.1, 0.15) is 0 Å². The standard InChI is InChI=1S/C2H7NO.Na.H2O3Si.H/c3-1-2-4;;1-4(2)3;/h4H,1-3H2;;1-2H;. The van der Waals surface area contributed by atoms with Crippen LogP contribution in [-0.2, 0) is 4.46 Å². The minimum atomic E-state index is -3.13. The van der Waals surface area contributed by atoms with E-state index in [0.29, 0.717) is 6.54 Å². The Kier molecular flexibility index (Phi) is 28.6. The molecule has 5 N–H and O–H groups in total. The summed E-state index contributed by atoms with van der Waals surface area (Å²) in [6, 6.07) is 0. The van der Waals surface area contributed by atoms with Crippen LogP contribution in [0.3, 0.4) is 0 Å². The fourth-order valence-corrected chi connectivity index (χ4v) is 0. The van der Waals surface area contributed by atoms with Crippen LogP contribution in [0.5, 0.6) is 0 Å². The zero-order valence-corrected chi connectivity index (χ0v) is 5.24. The Labute approximate surface area is 76.7 Å². The fraction of sp³-hybridized carbons (Fsp3) is 1.00. The number of rotatable bonds is 1. The third kappa shape index (κ3) is 154. The molecule has 0 saturated heterocycles. The van der Waals surface area contributed by atoms with Crippen molar-refractivity contribution in [3.63, 3.8) is 0 Å². The number of nitrogens with two attached hydrogens (primary N) is 1. The number of aliphatic hydroxyl groups is 1. The van der Waals surface area contributed by atoms with Crippen molar-refractivity contribution in [2.75, 3.05) is 13.2 Å². The molecule has 0 heterocycles. The van der Waals surface area contributed by atoms with Gasteiger partial charge in [0.05, 0.1) is 6.61 Å². The van der Waals surface area contributed by atoms with Crippen LogP contribution in [0.25, 0.3) is 0 Å². The number of hydrogen-bond donors (Lipinski definition) is 4. The molecule has 0 aromatic carbocycles. The molecule has 52 valence electrons. The molecular weight excluding hydrogens is 153 g/mol. The predicted molar refractivity (Wildman–Crippen MR) is 34.2 cm³/mol. The molecule has 0 aliphatic carbocycles. The molecular formula is C2H10NNaO4Si. The molecule has 9 heavy (non-hydrogen) atoms. The van der Waals surface area contributed by atoms with Crippen molar-refractivity contribution in [3.05, 3.63) is 0 Å². The van der Waals surface area contributed by atoms with Gasteiger partial charge in [0.2, 0.25) is 0 Å². The van der Waals surface area contributed by atoms with E-state index in [2.05, 4.69) is 0 Å². The molecule has 0 saturated carbocycles. The monoisotopic (exact) mass is 163 g/mol. The number of hydrogen-bond acceptors (Lipinski definition) is 3.